The van der Waals surface area contributed by atoms with Crippen LogP contribution in [0.2, 0.25) is 0 Å². The topological polar surface area (TPSA) is 87.0 Å². The first-order valence-corrected chi connectivity index (χ1v) is 8.60. The molecule has 0 saturated carbocycles. The lowest BCUT2D eigenvalue weighted by atomic mass is 9.55. The van der Waals surface area contributed by atoms with Gasteiger partial charge in [0.05, 0.1) is 0 Å². The molecule has 0 bridgehead atoms. The largest absolute Gasteiger partial charge is 0.481 e. The number of rotatable bonds is 6. The van der Waals surface area contributed by atoms with Gasteiger partial charge in [-0.1, -0.05) is 6.92 Å². The molecule has 0 amide bonds. The van der Waals surface area contributed by atoms with E-state index in [-0.39, 0.29) is 5.75 Å². The highest BCUT2D eigenvalue weighted by Crippen LogP contribution is 2.55. The molecule has 0 radical (unpaired) electrons. The van der Waals surface area contributed by atoms with E-state index in [1.807, 2.05) is 0 Å². The van der Waals surface area contributed by atoms with Gasteiger partial charge in [0, 0.05) is 5.92 Å². The quantitative estimate of drug-likeness (QED) is 0.679. The summed E-state index contributed by atoms with van der Waals surface area (Å²) >= 11 is 0.895. The standard InChI is InChI=1S/C14H18F5NO4S/c1-4-13(11(23)24)6(5-25-3)12(2,10(21)22)9(14(17,18)19)20-7(13)8(15)16/h6-8H,4-5H2,1-3H3,(H,21,22)(H,23,24). The molecule has 144 valence electrons. The lowest BCUT2D eigenvalue weighted by Gasteiger charge is -2.51. The van der Waals surface area contributed by atoms with Gasteiger partial charge in [0.25, 0.3) is 6.43 Å². The first kappa shape index (κ1) is 21.7. The second kappa shape index (κ2) is 7.08. The predicted octanol–water partition coefficient (Wildman–Crippen LogP) is 3.19. The average molecular weight is 391 g/mol. The lowest BCUT2D eigenvalue weighted by molar-refractivity contribution is -0.171. The molecule has 25 heavy (non-hydrogen) atoms. The summed E-state index contributed by atoms with van der Waals surface area (Å²) in [6.45, 7) is 1.94. The Kier molecular flexibility index (Phi) is 6.13. The fourth-order valence-corrected chi connectivity index (χ4v) is 4.50. The van der Waals surface area contributed by atoms with Crippen LogP contribution in [0.3, 0.4) is 0 Å². The minimum absolute atomic E-state index is 0.360. The van der Waals surface area contributed by atoms with Crippen LogP contribution in [0.15, 0.2) is 4.99 Å². The van der Waals surface area contributed by atoms with Gasteiger partial charge in [-0.15, -0.1) is 0 Å². The molecule has 4 unspecified atom stereocenters. The normalized spacial score (nSPS) is 33.2. The molecule has 0 aromatic heterocycles. The predicted molar refractivity (Wildman–Crippen MR) is 81.3 cm³/mol. The van der Waals surface area contributed by atoms with Crippen molar-refractivity contribution in [3.8, 4) is 0 Å². The SMILES string of the molecule is CCC1(C(=O)O)C(C(F)F)N=C(C(F)(F)F)C(C)(C(=O)O)C1CSC. The smallest absolute Gasteiger partial charge is 0.430 e. The molecular formula is C14H18F5NO4S. The fraction of sp³-hybridized carbons (Fsp3) is 0.786. The zero-order chi connectivity index (χ0) is 19.8. The highest BCUT2D eigenvalue weighted by Gasteiger charge is 2.69. The van der Waals surface area contributed by atoms with Crippen molar-refractivity contribution in [2.24, 2.45) is 21.7 Å². The Labute approximate surface area is 144 Å². The lowest BCUT2D eigenvalue weighted by Crippen LogP contribution is -2.65. The maximum atomic E-state index is 13.5. The number of hydrogen-bond donors (Lipinski definition) is 2. The minimum Gasteiger partial charge on any atom is -0.481 e. The van der Waals surface area contributed by atoms with E-state index in [2.05, 4.69) is 4.99 Å². The van der Waals surface area contributed by atoms with Crippen LogP contribution in [0.1, 0.15) is 20.3 Å². The van der Waals surface area contributed by atoms with Crippen molar-refractivity contribution in [2.75, 3.05) is 12.0 Å². The molecule has 0 fully saturated rings. The molecule has 0 aliphatic carbocycles. The molecule has 0 aromatic rings. The minimum atomic E-state index is -5.28. The second-order valence-electron chi connectivity index (χ2n) is 5.97. The van der Waals surface area contributed by atoms with E-state index in [0.29, 0.717) is 6.92 Å². The zero-order valence-electron chi connectivity index (χ0n) is 13.6. The van der Waals surface area contributed by atoms with Crippen molar-refractivity contribution in [1.82, 2.24) is 0 Å². The summed E-state index contributed by atoms with van der Waals surface area (Å²) in [4.78, 5) is 26.6. The molecular weight excluding hydrogens is 373 g/mol. The summed E-state index contributed by atoms with van der Waals surface area (Å²) in [5.41, 5.74) is -7.07. The Bertz CT molecular complexity index is 582. The molecule has 2 N–H and O–H groups in total. The summed E-state index contributed by atoms with van der Waals surface area (Å²) in [7, 11) is 0. The summed E-state index contributed by atoms with van der Waals surface area (Å²) in [6, 6.07) is -2.49. The van der Waals surface area contributed by atoms with Gasteiger partial charge >= 0.3 is 18.1 Å². The number of halogens is 5. The van der Waals surface area contributed by atoms with Crippen LogP contribution in [0.25, 0.3) is 0 Å². The molecule has 1 aliphatic rings. The number of aliphatic imine (C=N–C) groups is 1. The van der Waals surface area contributed by atoms with Gasteiger partial charge < -0.3 is 10.2 Å². The van der Waals surface area contributed by atoms with Crippen LogP contribution in [-0.4, -0.2) is 58.5 Å². The molecule has 1 rings (SSSR count). The first-order chi connectivity index (χ1) is 11.3. The zero-order valence-corrected chi connectivity index (χ0v) is 14.4. The van der Waals surface area contributed by atoms with E-state index in [4.69, 9.17) is 0 Å². The van der Waals surface area contributed by atoms with E-state index >= 15 is 0 Å². The molecule has 0 spiro atoms. The Morgan fingerprint density at radius 3 is 2.08 bits per heavy atom. The van der Waals surface area contributed by atoms with Crippen molar-refractivity contribution in [3.63, 3.8) is 0 Å². The highest BCUT2D eigenvalue weighted by molar-refractivity contribution is 7.98. The number of carboxylic acid groups (broad SMARTS) is 2. The molecule has 11 heteroatoms. The third-order valence-corrected chi connectivity index (χ3v) is 5.54. The Hall–Kier alpha value is -1.39. The number of hydrogen-bond acceptors (Lipinski definition) is 4. The Morgan fingerprint density at radius 1 is 1.28 bits per heavy atom. The second-order valence-corrected chi connectivity index (χ2v) is 6.88. The van der Waals surface area contributed by atoms with Gasteiger partial charge in [0.2, 0.25) is 0 Å². The van der Waals surface area contributed by atoms with Crippen LogP contribution in [0, 0.1) is 16.7 Å². The van der Waals surface area contributed by atoms with Crippen molar-refractivity contribution in [3.05, 3.63) is 0 Å². The number of aliphatic carboxylic acids is 2. The van der Waals surface area contributed by atoms with Gasteiger partial charge in [-0.2, -0.15) is 24.9 Å². The van der Waals surface area contributed by atoms with Crippen molar-refractivity contribution < 1.29 is 41.8 Å². The number of thioether (sulfide) groups is 1. The summed E-state index contributed by atoms with van der Waals surface area (Å²) in [5.74, 6) is -5.82. The Morgan fingerprint density at radius 2 is 1.80 bits per heavy atom. The first-order valence-electron chi connectivity index (χ1n) is 7.21. The van der Waals surface area contributed by atoms with E-state index in [1.54, 1.807) is 0 Å². The maximum absolute atomic E-state index is 13.5. The van der Waals surface area contributed by atoms with Gasteiger partial charge in [0.15, 0.2) is 0 Å². The van der Waals surface area contributed by atoms with E-state index < -0.39 is 59.5 Å². The number of carboxylic acids is 2. The van der Waals surface area contributed by atoms with Crippen LogP contribution in [-0.2, 0) is 9.59 Å². The summed E-state index contributed by atoms with van der Waals surface area (Å²) in [6.07, 6.45) is -7.83. The highest BCUT2D eigenvalue weighted by atomic mass is 32.2. The molecule has 1 heterocycles. The average Bonchev–Trinajstić information content (AvgIpc) is 2.46. The van der Waals surface area contributed by atoms with Crippen LogP contribution in [0.4, 0.5) is 22.0 Å². The third kappa shape index (κ3) is 3.22. The van der Waals surface area contributed by atoms with E-state index in [1.165, 1.54) is 13.2 Å². The monoisotopic (exact) mass is 391 g/mol. The maximum Gasteiger partial charge on any atom is 0.430 e. The Balaban J connectivity index is 3.95. The molecule has 5 nitrogen and oxygen atoms in total. The van der Waals surface area contributed by atoms with E-state index in [0.717, 1.165) is 11.8 Å². The van der Waals surface area contributed by atoms with Crippen molar-refractivity contribution >= 4 is 29.4 Å². The number of nitrogens with zero attached hydrogens (tertiary/aromatic N) is 1. The van der Waals surface area contributed by atoms with Gasteiger partial charge in [-0.25, -0.2) is 8.78 Å². The number of carbonyl (C=O) groups is 2. The van der Waals surface area contributed by atoms with Gasteiger partial charge in [0.1, 0.15) is 22.6 Å². The van der Waals surface area contributed by atoms with Crippen LogP contribution >= 0.6 is 11.8 Å². The van der Waals surface area contributed by atoms with Crippen LogP contribution in [0.5, 0.6) is 0 Å². The van der Waals surface area contributed by atoms with Crippen LogP contribution < -0.4 is 0 Å². The molecule has 0 saturated heterocycles. The fourth-order valence-electron chi connectivity index (χ4n) is 3.54. The van der Waals surface area contributed by atoms with Crippen molar-refractivity contribution in [1.29, 1.82) is 0 Å². The molecule has 1 aliphatic heterocycles. The van der Waals surface area contributed by atoms with Gasteiger partial charge in [-0.3, -0.25) is 14.6 Å². The van der Waals surface area contributed by atoms with Gasteiger partial charge in [-0.05, 0) is 25.4 Å². The molecule has 0 aromatic carbocycles. The summed E-state index contributed by atoms with van der Waals surface area (Å²) < 4.78 is 67.2. The van der Waals surface area contributed by atoms with E-state index in [9.17, 15) is 41.8 Å². The molecule has 4 atom stereocenters. The number of alkyl halides is 5. The third-order valence-electron chi connectivity index (χ3n) is 4.87. The summed E-state index contributed by atoms with van der Waals surface area (Å²) in [5, 5.41) is 19.1. The van der Waals surface area contributed by atoms with Crippen molar-refractivity contribution in [2.45, 2.75) is 38.9 Å².